The normalized spacial score (nSPS) is 25.1. The van der Waals surface area contributed by atoms with Gasteiger partial charge in [0.15, 0.2) is 0 Å². The number of fused-ring (bicyclic) bond motifs is 1. The summed E-state index contributed by atoms with van der Waals surface area (Å²) < 4.78 is 47.5. The number of aryl methyl sites for hydroxylation is 2. The van der Waals surface area contributed by atoms with Crippen molar-refractivity contribution in [3.63, 3.8) is 0 Å². The zero-order valence-electron chi connectivity index (χ0n) is 22.4. The van der Waals surface area contributed by atoms with Crippen LogP contribution in [0.1, 0.15) is 35.1 Å². The number of nitrogens with one attached hydrogen (secondary N) is 2. The van der Waals surface area contributed by atoms with Gasteiger partial charge in [0, 0.05) is 54.9 Å². The van der Waals surface area contributed by atoms with Gasteiger partial charge in [-0.25, -0.2) is 17.3 Å². The summed E-state index contributed by atoms with van der Waals surface area (Å²) in [5.74, 6) is -0.398. The Morgan fingerprint density at radius 3 is 2.58 bits per heavy atom. The van der Waals surface area contributed by atoms with Crippen LogP contribution in [0.3, 0.4) is 0 Å². The summed E-state index contributed by atoms with van der Waals surface area (Å²) >= 11 is 0. The molecule has 1 saturated carbocycles. The molecule has 6 rings (SSSR count). The molecular formula is C31H31F2N5OS. The van der Waals surface area contributed by atoms with Gasteiger partial charge in [-0.3, -0.25) is 4.68 Å². The van der Waals surface area contributed by atoms with Crippen LogP contribution in [0.4, 0.5) is 20.2 Å². The third-order valence-corrected chi connectivity index (χ3v) is 9.81. The third kappa shape index (κ3) is 4.57. The zero-order valence-corrected chi connectivity index (χ0v) is 23.2. The maximum Gasteiger partial charge on any atom is 0.137 e. The fourth-order valence-corrected chi connectivity index (χ4v) is 7.99. The lowest BCUT2D eigenvalue weighted by molar-refractivity contribution is 0.152. The van der Waals surface area contributed by atoms with Gasteiger partial charge in [0.25, 0.3) is 0 Å². The van der Waals surface area contributed by atoms with E-state index in [0.29, 0.717) is 41.2 Å². The number of aromatic nitrogens is 2. The number of hydrogen-bond acceptors (Lipinski definition) is 4. The predicted octanol–water partition coefficient (Wildman–Crippen LogP) is 6.16. The van der Waals surface area contributed by atoms with Crippen LogP contribution in [0, 0.1) is 24.1 Å². The van der Waals surface area contributed by atoms with E-state index >= 15 is 4.39 Å². The fraction of sp³-hybridized carbons (Fsp3) is 0.290. The van der Waals surface area contributed by atoms with Crippen molar-refractivity contribution in [2.24, 2.45) is 13.0 Å². The number of nitrogens with zero attached hydrogens (tertiary/aromatic N) is 3. The van der Waals surface area contributed by atoms with Crippen molar-refractivity contribution in [2.45, 2.75) is 35.7 Å². The first-order valence-corrected chi connectivity index (χ1v) is 14.4. The Bertz CT molecular complexity index is 1590. The van der Waals surface area contributed by atoms with Crippen LogP contribution < -0.4 is 5.32 Å². The molecule has 1 aromatic heterocycles. The van der Waals surface area contributed by atoms with Gasteiger partial charge in [-0.15, -0.1) is 0 Å². The second kappa shape index (κ2) is 10.1. The first kappa shape index (κ1) is 26.5. The van der Waals surface area contributed by atoms with Crippen molar-refractivity contribution in [3.05, 3.63) is 107 Å². The summed E-state index contributed by atoms with van der Waals surface area (Å²) in [6.45, 7) is 2.93. The second-order valence-electron chi connectivity index (χ2n) is 11.0. The van der Waals surface area contributed by atoms with Crippen molar-refractivity contribution < 1.29 is 13.0 Å². The molecule has 2 aliphatic rings. The van der Waals surface area contributed by atoms with Gasteiger partial charge in [-0.05, 0) is 78.8 Å². The minimum atomic E-state index is -1.52. The summed E-state index contributed by atoms with van der Waals surface area (Å²) in [6.07, 6.45) is 5.25. The van der Waals surface area contributed by atoms with E-state index in [1.165, 1.54) is 18.3 Å². The molecule has 0 amide bonds. The van der Waals surface area contributed by atoms with Crippen molar-refractivity contribution in [2.75, 3.05) is 18.4 Å². The Morgan fingerprint density at radius 2 is 1.90 bits per heavy atom. The summed E-state index contributed by atoms with van der Waals surface area (Å²) in [4.78, 5) is 0.628. The fourth-order valence-electron chi connectivity index (χ4n) is 6.65. The summed E-state index contributed by atoms with van der Waals surface area (Å²) in [5.41, 5.74) is 2.57. The largest absolute Gasteiger partial charge is 0.355 e. The van der Waals surface area contributed by atoms with Crippen molar-refractivity contribution in [3.8, 4) is 0 Å². The third-order valence-electron chi connectivity index (χ3n) is 8.45. The molecule has 0 spiro atoms. The van der Waals surface area contributed by atoms with Crippen LogP contribution in [0.5, 0.6) is 0 Å². The summed E-state index contributed by atoms with van der Waals surface area (Å²) in [5, 5.41) is 15.7. The molecule has 1 saturated heterocycles. The molecule has 2 N–H and O–H groups in total. The van der Waals surface area contributed by atoms with Crippen molar-refractivity contribution >= 4 is 28.6 Å². The van der Waals surface area contributed by atoms with Gasteiger partial charge in [0.05, 0.1) is 11.1 Å². The standard InChI is InChI=1S/C31H31F2N5OS/c1-21-12-29(36-26-10-8-25(32)9-11-26)22(15-34)13-28(21)30-19-31(33,23-6-4-3-5-7-23)14-24(30)17-38(20-30)40(39)27-16-35-37(2)18-27/h3-13,15-16,18,24,34,36H,14,17,19-20H2,1-2H3. The van der Waals surface area contributed by atoms with Gasteiger partial charge in [0.1, 0.15) is 22.5 Å². The lowest BCUT2D eigenvalue weighted by Crippen LogP contribution is -2.35. The number of anilines is 2. The van der Waals surface area contributed by atoms with E-state index < -0.39 is 22.1 Å². The van der Waals surface area contributed by atoms with Crippen molar-refractivity contribution in [1.82, 2.24) is 14.1 Å². The number of benzene rings is 3. The highest BCUT2D eigenvalue weighted by atomic mass is 32.2. The van der Waals surface area contributed by atoms with Crippen LogP contribution in [0.15, 0.2) is 84.0 Å². The highest BCUT2D eigenvalue weighted by molar-refractivity contribution is 7.82. The minimum absolute atomic E-state index is 0.0773. The number of halogens is 2. The van der Waals surface area contributed by atoms with E-state index in [-0.39, 0.29) is 18.2 Å². The molecule has 1 aliphatic heterocycles. The molecule has 40 heavy (non-hydrogen) atoms. The van der Waals surface area contributed by atoms with Gasteiger partial charge in [0.2, 0.25) is 0 Å². The molecule has 9 heteroatoms. The van der Waals surface area contributed by atoms with Gasteiger partial charge >= 0.3 is 0 Å². The lowest BCUT2D eigenvalue weighted by Gasteiger charge is -2.33. The van der Waals surface area contributed by atoms with E-state index in [9.17, 15) is 8.60 Å². The average Bonchev–Trinajstić information content (AvgIpc) is 3.61. The van der Waals surface area contributed by atoms with Gasteiger partial charge < -0.3 is 10.7 Å². The maximum atomic E-state index is 16.9. The molecule has 0 radical (unpaired) electrons. The van der Waals surface area contributed by atoms with E-state index in [2.05, 4.69) is 10.4 Å². The summed E-state index contributed by atoms with van der Waals surface area (Å²) in [6, 6.07) is 19.4. The van der Waals surface area contributed by atoms with E-state index in [1.54, 1.807) is 36.3 Å². The lowest BCUT2D eigenvalue weighted by atomic mass is 9.72. The second-order valence-corrected chi connectivity index (χ2v) is 12.5. The highest BCUT2D eigenvalue weighted by Crippen LogP contribution is 2.60. The topological polar surface area (TPSA) is 74.0 Å². The van der Waals surface area contributed by atoms with Gasteiger partial charge in [-0.1, -0.05) is 30.3 Å². The highest BCUT2D eigenvalue weighted by Gasteiger charge is 2.61. The Kier molecular flexibility index (Phi) is 6.67. The average molecular weight is 560 g/mol. The Morgan fingerprint density at radius 1 is 1.15 bits per heavy atom. The maximum absolute atomic E-state index is 16.9. The first-order chi connectivity index (χ1) is 19.2. The van der Waals surface area contributed by atoms with Crippen LogP contribution in [-0.4, -0.2) is 37.6 Å². The molecule has 4 aromatic rings. The molecule has 206 valence electrons. The molecule has 4 unspecified atom stereocenters. The molecule has 2 fully saturated rings. The molecule has 1 aliphatic carbocycles. The van der Waals surface area contributed by atoms with Gasteiger partial charge in [-0.2, -0.15) is 5.10 Å². The molecule has 2 heterocycles. The van der Waals surface area contributed by atoms with Crippen LogP contribution in [0.25, 0.3) is 0 Å². The Labute approximate surface area is 235 Å². The van der Waals surface area contributed by atoms with E-state index in [1.807, 2.05) is 53.7 Å². The molecule has 4 atom stereocenters. The Balaban J connectivity index is 1.41. The number of alkyl halides is 1. The SMILES string of the molecule is Cc1cc(Nc2ccc(F)cc2)c(C=N)cc1C12CN(S(=O)c3cnn(C)c3)CC1CC(F)(c1ccccc1)C2. The van der Waals surface area contributed by atoms with E-state index in [0.717, 1.165) is 16.8 Å². The Hall–Kier alpha value is -3.69. The molecule has 6 nitrogen and oxygen atoms in total. The molecular weight excluding hydrogens is 528 g/mol. The quantitative estimate of drug-likeness (QED) is 0.267. The zero-order chi connectivity index (χ0) is 28.1. The minimum Gasteiger partial charge on any atom is -0.355 e. The monoisotopic (exact) mass is 559 g/mol. The van der Waals surface area contributed by atoms with Crippen LogP contribution in [-0.2, 0) is 29.1 Å². The first-order valence-electron chi connectivity index (χ1n) is 13.3. The smallest absolute Gasteiger partial charge is 0.137 e. The van der Waals surface area contributed by atoms with Crippen molar-refractivity contribution in [1.29, 1.82) is 5.41 Å². The number of hydrogen-bond donors (Lipinski definition) is 2. The molecule has 0 bridgehead atoms. The number of rotatable bonds is 7. The van der Waals surface area contributed by atoms with Crippen LogP contribution in [0.2, 0.25) is 0 Å². The molecule has 3 aromatic carbocycles. The predicted molar refractivity (Wildman–Crippen MR) is 154 cm³/mol. The van der Waals surface area contributed by atoms with E-state index in [4.69, 9.17) is 5.41 Å². The summed E-state index contributed by atoms with van der Waals surface area (Å²) in [7, 11) is 0.371. The van der Waals surface area contributed by atoms with Crippen LogP contribution >= 0.6 is 0 Å².